The molecule has 0 spiro atoms. The molecule has 0 aliphatic heterocycles. The number of hydrogen-bond donors (Lipinski definition) is 2. The minimum atomic E-state index is -0.238. The van der Waals surface area contributed by atoms with Gasteiger partial charge in [0.25, 0.3) is 5.91 Å². The molecule has 2 rings (SSSR count). The summed E-state index contributed by atoms with van der Waals surface area (Å²) in [5, 5.41) is 13.4. The number of para-hydroxylation sites is 1. The molecule has 0 radical (unpaired) electrons. The Kier molecular flexibility index (Phi) is 4.91. The molecular weight excluding hydrogens is 264 g/mol. The highest BCUT2D eigenvalue weighted by Crippen LogP contribution is 2.24. The van der Waals surface area contributed by atoms with Crippen LogP contribution in [0.3, 0.4) is 0 Å². The highest BCUT2D eigenvalue weighted by Gasteiger charge is 2.26. The molecule has 0 saturated heterocycles. The van der Waals surface area contributed by atoms with E-state index in [4.69, 9.17) is 0 Å². The Labute approximate surface area is 125 Å². The first-order valence-corrected chi connectivity index (χ1v) is 7.38. The van der Waals surface area contributed by atoms with Crippen molar-refractivity contribution < 1.29 is 9.90 Å². The van der Waals surface area contributed by atoms with E-state index in [0.717, 1.165) is 23.7 Å². The maximum atomic E-state index is 12.4. The third-order valence-corrected chi connectivity index (χ3v) is 4.35. The van der Waals surface area contributed by atoms with E-state index in [9.17, 15) is 9.90 Å². The molecule has 0 atom stereocenters. The largest absolute Gasteiger partial charge is 0.396 e. The van der Waals surface area contributed by atoms with Gasteiger partial charge in [0.15, 0.2) is 0 Å². The first-order chi connectivity index (χ1) is 10.2. The number of aliphatic hydroxyl groups is 1. The summed E-state index contributed by atoms with van der Waals surface area (Å²) < 4.78 is 0. The average Bonchev–Trinajstić information content (AvgIpc) is 2.56. The van der Waals surface area contributed by atoms with Crippen LogP contribution >= 0.6 is 0 Å². The van der Waals surface area contributed by atoms with Crippen molar-refractivity contribution in [2.45, 2.75) is 26.7 Å². The number of rotatable bonds is 6. The van der Waals surface area contributed by atoms with E-state index in [0.29, 0.717) is 12.1 Å². The quantitative estimate of drug-likeness (QED) is 0.858. The molecule has 2 aromatic rings. The minimum absolute atomic E-state index is 0.0807. The second-order valence-electron chi connectivity index (χ2n) is 5.42. The standard InChI is InChI=1S/C17H22N2O2/c1-3-17(4-2,12-20)11-19-16(21)14-9-10-18-15-8-6-5-7-13(14)15/h5-10,20H,3-4,11-12H2,1-2H3,(H,19,21). The zero-order valence-corrected chi connectivity index (χ0v) is 12.6. The number of carbonyl (C=O) groups excluding carboxylic acids is 1. The lowest BCUT2D eigenvalue weighted by Gasteiger charge is -2.29. The number of nitrogens with one attached hydrogen (secondary N) is 1. The van der Waals surface area contributed by atoms with Gasteiger partial charge in [-0.1, -0.05) is 32.0 Å². The summed E-state index contributed by atoms with van der Waals surface area (Å²) in [6, 6.07) is 9.33. The molecule has 4 heteroatoms. The van der Waals surface area contributed by atoms with Gasteiger partial charge in [0.05, 0.1) is 17.7 Å². The molecule has 0 aliphatic rings. The van der Waals surface area contributed by atoms with Gasteiger partial charge in [0.1, 0.15) is 0 Å². The Bertz CT molecular complexity index is 607. The summed E-state index contributed by atoms with van der Waals surface area (Å²) >= 11 is 0. The van der Waals surface area contributed by atoms with Crippen LogP contribution in [0.1, 0.15) is 37.0 Å². The van der Waals surface area contributed by atoms with E-state index >= 15 is 0 Å². The van der Waals surface area contributed by atoms with Gasteiger partial charge in [-0.3, -0.25) is 9.78 Å². The number of benzene rings is 1. The van der Waals surface area contributed by atoms with Crippen molar-refractivity contribution in [3.63, 3.8) is 0 Å². The van der Waals surface area contributed by atoms with Crippen molar-refractivity contribution in [2.24, 2.45) is 5.41 Å². The molecule has 0 unspecified atom stereocenters. The average molecular weight is 286 g/mol. The van der Waals surface area contributed by atoms with Crippen LogP contribution in [0.25, 0.3) is 10.9 Å². The molecule has 0 aliphatic carbocycles. The Balaban J connectivity index is 2.20. The molecule has 1 amide bonds. The lowest BCUT2D eigenvalue weighted by atomic mass is 9.83. The summed E-state index contributed by atoms with van der Waals surface area (Å²) in [6.07, 6.45) is 3.31. The Hall–Kier alpha value is -1.94. The van der Waals surface area contributed by atoms with Gasteiger partial charge < -0.3 is 10.4 Å². The van der Waals surface area contributed by atoms with Crippen molar-refractivity contribution in [1.82, 2.24) is 10.3 Å². The van der Waals surface area contributed by atoms with Gasteiger partial charge in [-0.15, -0.1) is 0 Å². The first kappa shape index (κ1) is 15.4. The molecule has 21 heavy (non-hydrogen) atoms. The van der Waals surface area contributed by atoms with E-state index in [-0.39, 0.29) is 17.9 Å². The van der Waals surface area contributed by atoms with Crippen LogP contribution in [0.4, 0.5) is 0 Å². The van der Waals surface area contributed by atoms with Gasteiger partial charge in [-0.2, -0.15) is 0 Å². The lowest BCUT2D eigenvalue weighted by Crippen LogP contribution is -2.39. The van der Waals surface area contributed by atoms with Crippen molar-refractivity contribution in [3.05, 3.63) is 42.1 Å². The summed E-state index contributed by atoms with van der Waals surface area (Å²) in [5.41, 5.74) is 1.20. The van der Waals surface area contributed by atoms with E-state index < -0.39 is 0 Å². The lowest BCUT2D eigenvalue weighted by molar-refractivity contribution is 0.0852. The number of pyridine rings is 1. The van der Waals surface area contributed by atoms with Crippen LogP contribution in [0.2, 0.25) is 0 Å². The zero-order valence-electron chi connectivity index (χ0n) is 12.6. The predicted octanol–water partition coefficient (Wildman–Crippen LogP) is 2.76. The number of hydrogen-bond acceptors (Lipinski definition) is 3. The highest BCUT2D eigenvalue weighted by molar-refractivity contribution is 6.05. The molecule has 1 aromatic carbocycles. The Morgan fingerprint density at radius 1 is 1.24 bits per heavy atom. The van der Waals surface area contributed by atoms with Crippen molar-refractivity contribution in [3.8, 4) is 0 Å². The fourth-order valence-corrected chi connectivity index (χ4v) is 2.44. The first-order valence-electron chi connectivity index (χ1n) is 7.38. The van der Waals surface area contributed by atoms with E-state index in [1.807, 2.05) is 38.1 Å². The van der Waals surface area contributed by atoms with Crippen LogP contribution in [-0.4, -0.2) is 29.1 Å². The molecule has 0 bridgehead atoms. The number of nitrogens with zero attached hydrogens (tertiary/aromatic N) is 1. The van der Waals surface area contributed by atoms with Crippen molar-refractivity contribution in [2.75, 3.05) is 13.2 Å². The molecule has 1 aromatic heterocycles. The smallest absolute Gasteiger partial charge is 0.252 e. The predicted molar refractivity (Wildman–Crippen MR) is 84.2 cm³/mol. The van der Waals surface area contributed by atoms with Gasteiger partial charge in [-0.25, -0.2) is 0 Å². The van der Waals surface area contributed by atoms with Crippen LogP contribution < -0.4 is 5.32 Å². The number of aliphatic hydroxyl groups excluding tert-OH is 1. The summed E-state index contributed by atoms with van der Waals surface area (Å²) in [4.78, 5) is 16.7. The molecule has 0 fully saturated rings. The fourth-order valence-electron chi connectivity index (χ4n) is 2.44. The van der Waals surface area contributed by atoms with Crippen LogP contribution in [0.15, 0.2) is 36.5 Å². The van der Waals surface area contributed by atoms with Crippen molar-refractivity contribution >= 4 is 16.8 Å². The second-order valence-corrected chi connectivity index (χ2v) is 5.42. The number of fused-ring (bicyclic) bond motifs is 1. The second kappa shape index (κ2) is 6.68. The summed E-state index contributed by atoms with van der Waals surface area (Å²) in [7, 11) is 0. The normalized spacial score (nSPS) is 11.6. The summed E-state index contributed by atoms with van der Waals surface area (Å²) in [5.74, 6) is -0.117. The molecular formula is C17H22N2O2. The molecule has 1 heterocycles. The van der Waals surface area contributed by atoms with Crippen LogP contribution in [0, 0.1) is 5.41 Å². The molecule has 2 N–H and O–H groups in total. The zero-order chi connectivity index (χ0) is 15.3. The number of carbonyl (C=O) groups is 1. The number of aromatic nitrogens is 1. The van der Waals surface area contributed by atoms with Crippen LogP contribution in [0.5, 0.6) is 0 Å². The highest BCUT2D eigenvalue weighted by atomic mass is 16.3. The van der Waals surface area contributed by atoms with E-state index in [2.05, 4.69) is 10.3 Å². The molecule has 4 nitrogen and oxygen atoms in total. The molecule has 112 valence electrons. The van der Waals surface area contributed by atoms with Gasteiger partial charge in [-0.05, 0) is 25.0 Å². The maximum absolute atomic E-state index is 12.4. The Morgan fingerprint density at radius 3 is 2.62 bits per heavy atom. The van der Waals surface area contributed by atoms with Crippen molar-refractivity contribution in [1.29, 1.82) is 0 Å². The van der Waals surface area contributed by atoms with E-state index in [1.165, 1.54) is 0 Å². The van der Waals surface area contributed by atoms with Crippen LogP contribution in [-0.2, 0) is 0 Å². The topological polar surface area (TPSA) is 62.2 Å². The van der Waals surface area contributed by atoms with Gasteiger partial charge in [0.2, 0.25) is 0 Å². The fraction of sp³-hybridized carbons (Fsp3) is 0.412. The number of amides is 1. The third-order valence-electron chi connectivity index (χ3n) is 4.35. The third kappa shape index (κ3) is 3.22. The SMILES string of the molecule is CCC(CC)(CO)CNC(=O)c1ccnc2ccccc12. The minimum Gasteiger partial charge on any atom is -0.396 e. The van der Waals surface area contributed by atoms with Gasteiger partial charge in [0, 0.05) is 23.5 Å². The Morgan fingerprint density at radius 2 is 1.95 bits per heavy atom. The summed E-state index contributed by atoms with van der Waals surface area (Å²) in [6.45, 7) is 4.63. The monoisotopic (exact) mass is 286 g/mol. The molecule has 0 saturated carbocycles. The van der Waals surface area contributed by atoms with Gasteiger partial charge >= 0.3 is 0 Å². The van der Waals surface area contributed by atoms with E-state index in [1.54, 1.807) is 12.3 Å². The maximum Gasteiger partial charge on any atom is 0.252 e.